The molecule has 3 aromatic carbocycles. The maximum absolute atomic E-state index is 13.8. The van der Waals surface area contributed by atoms with E-state index in [1.165, 1.54) is 6.33 Å². The SMILES string of the molecule is O=C1CCC(N2C(=O)c3cccc(NCCOCCOCCOCCOCCNC(=O)NC4CCC(Nc5ncnc6[nH]cc(C(=O)c7ccc(Oc8ccccc8)cc7Cl)c56)CC4)c3C2=O)C(=O)N1. The van der Waals surface area contributed by atoms with Gasteiger partial charge in [0.05, 0.1) is 80.0 Å². The number of fused-ring (bicyclic) bond motifs is 2. The Morgan fingerprint density at radius 3 is 2.14 bits per heavy atom. The molecule has 6 N–H and O–H groups in total. The predicted molar refractivity (Wildman–Crippen MR) is 256 cm³/mol. The first-order chi connectivity index (χ1) is 34.1. The van der Waals surface area contributed by atoms with Gasteiger partial charge in [0.2, 0.25) is 11.8 Å². The molecule has 3 aliphatic rings. The van der Waals surface area contributed by atoms with E-state index in [-0.39, 0.29) is 52.9 Å². The molecule has 368 valence electrons. The molecule has 0 radical (unpaired) electrons. The van der Waals surface area contributed by atoms with Gasteiger partial charge in [-0.05, 0) is 68.5 Å². The molecule has 1 unspecified atom stereocenters. The van der Waals surface area contributed by atoms with E-state index in [4.69, 9.17) is 35.3 Å². The zero-order valence-corrected chi connectivity index (χ0v) is 39.0. The number of anilines is 2. The minimum absolute atomic E-state index is 0.00910. The van der Waals surface area contributed by atoms with E-state index in [2.05, 4.69) is 41.5 Å². The Hall–Kier alpha value is -6.97. The molecule has 2 aliphatic heterocycles. The largest absolute Gasteiger partial charge is 0.457 e. The van der Waals surface area contributed by atoms with Gasteiger partial charge >= 0.3 is 6.03 Å². The summed E-state index contributed by atoms with van der Waals surface area (Å²) in [6, 6.07) is 18.0. The number of benzene rings is 3. The van der Waals surface area contributed by atoms with E-state index in [0.717, 1.165) is 30.6 Å². The van der Waals surface area contributed by atoms with Gasteiger partial charge in [0.25, 0.3) is 11.8 Å². The molecule has 1 saturated carbocycles. The zero-order valence-electron chi connectivity index (χ0n) is 38.3. The lowest BCUT2D eigenvalue weighted by molar-refractivity contribution is -0.136. The number of urea groups is 1. The van der Waals surface area contributed by atoms with Crippen LogP contribution in [0.1, 0.15) is 75.2 Å². The van der Waals surface area contributed by atoms with Crippen LogP contribution in [0.15, 0.2) is 79.3 Å². The fraction of sp³-hybridized carbons (Fsp3) is 0.388. The highest BCUT2D eigenvalue weighted by atomic mass is 35.5. The number of piperidine rings is 1. The molecule has 70 heavy (non-hydrogen) atoms. The lowest BCUT2D eigenvalue weighted by atomic mass is 9.91. The Labute approximate surface area is 407 Å². The number of H-pyrrole nitrogens is 1. The van der Waals surface area contributed by atoms with E-state index < -0.39 is 29.7 Å². The highest BCUT2D eigenvalue weighted by Crippen LogP contribution is 2.34. The van der Waals surface area contributed by atoms with Crippen LogP contribution >= 0.6 is 11.6 Å². The molecule has 1 saturated heterocycles. The van der Waals surface area contributed by atoms with Gasteiger partial charge in [0.15, 0.2) is 5.78 Å². The summed E-state index contributed by atoms with van der Waals surface area (Å²) in [6.45, 7) is 3.51. The van der Waals surface area contributed by atoms with E-state index in [0.29, 0.717) is 111 Å². The number of carbonyl (C=O) groups excluding carboxylic acids is 6. The van der Waals surface area contributed by atoms with Crippen LogP contribution in [0.4, 0.5) is 16.3 Å². The summed E-state index contributed by atoms with van der Waals surface area (Å²) in [6.07, 6.45) is 6.30. The number of imide groups is 2. The molecular weight excluding hydrogens is 926 g/mol. The second-order valence-electron chi connectivity index (χ2n) is 16.7. The van der Waals surface area contributed by atoms with Gasteiger partial charge < -0.3 is 49.9 Å². The van der Waals surface area contributed by atoms with Crippen molar-refractivity contribution in [1.82, 2.24) is 35.8 Å². The van der Waals surface area contributed by atoms with Gasteiger partial charge in [-0.1, -0.05) is 35.9 Å². The Balaban J connectivity index is 0.638. The molecule has 8 rings (SSSR count). The Morgan fingerprint density at radius 1 is 0.729 bits per heavy atom. The summed E-state index contributed by atoms with van der Waals surface area (Å²) in [5.41, 5.74) is 2.11. The maximum Gasteiger partial charge on any atom is 0.315 e. The third-order valence-electron chi connectivity index (χ3n) is 12.0. The van der Waals surface area contributed by atoms with E-state index in [1.807, 2.05) is 30.3 Å². The highest BCUT2D eigenvalue weighted by molar-refractivity contribution is 6.36. The van der Waals surface area contributed by atoms with Gasteiger partial charge in [-0.15, -0.1) is 0 Å². The molecule has 0 spiro atoms. The molecule has 2 aromatic heterocycles. The summed E-state index contributed by atoms with van der Waals surface area (Å²) in [7, 11) is 0. The van der Waals surface area contributed by atoms with Crippen LogP contribution in [-0.4, -0.2) is 139 Å². The van der Waals surface area contributed by atoms with Crippen molar-refractivity contribution in [3.63, 3.8) is 0 Å². The average Bonchev–Trinajstić information content (AvgIpc) is 3.91. The predicted octanol–water partition coefficient (Wildman–Crippen LogP) is 5.24. The number of ketones is 1. The second-order valence-corrected chi connectivity index (χ2v) is 17.1. The summed E-state index contributed by atoms with van der Waals surface area (Å²) < 4.78 is 28.2. The van der Waals surface area contributed by atoms with Crippen molar-refractivity contribution in [1.29, 1.82) is 0 Å². The van der Waals surface area contributed by atoms with Crippen LogP contribution in [0.5, 0.6) is 11.5 Å². The topological polar surface area (TPSA) is 254 Å². The zero-order chi connectivity index (χ0) is 48.8. The number of hydrogen-bond acceptors (Lipinski definition) is 15. The van der Waals surface area contributed by atoms with Crippen molar-refractivity contribution in [2.24, 2.45) is 0 Å². The Bertz CT molecular complexity index is 2680. The highest BCUT2D eigenvalue weighted by Gasteiger charge is 2.45. The number of hydrogen-bond donors (Lipinski definition) is 6. The fourth-order valence-corrected chi connectivity index (χ4v) is 8.75. The number of nitrogens with one attached hydrogen (secondary N) is 6. The molecule has 6 amide bonds. The molecule has 4 heterocycles. The van der Waals surface area contributed by atoms with Crippen LogP contribution in [0.25, 0.3) is 11.0 Å². The number of rotatable bonds is 24. The van der Waals surface area contributed by atoms with Crippen molar-refractivity contribution in [3.8, 4) is 11.5 Å². The lowest BCUT2D eigenvalue weighted by Gasteiger charge is -2.30. The molecule has 5 aromatic rings. The summed E-state index contributed by atoms with van der Waals surface area (Å²) in [5, 5.41) is 15.6. The average molecular weight is 980 g/mol. The number of aromatic nitrogens is 3. The molecule has 1 aliphatic carbocycles. The van der Waals surface area contributed by atoms with Gasteiger partial charge in [0, 0.05) is 55.1 Å². The first-order valence-corrected chi connectivity index (χ1v) is 23.6. The second kappa shape index (κ2) is 24.0. The normalized spacial score (nSPS) is 17.8. The van der Waals surface area contributed by atoms with Crippen molar-refractivity contribution >= 4 is 69.6 Å². The molecule has 1 atom stereocenters. The third kappa shape index (κ3) is 12.4. The Kier molecular flexibility index (Phi) is 17.0. The third-order valence-corrected chi connectivity index (χ3v) is 12.3. The van der Waals surface area contributed by atoms with Crippen LogP contribution < -0.4 is 31.3 Å². The number of carbonyl (C=O) groups is 6. The molecule has 0 bridgehead atoms. The summed E-state index contributed by atoms with van der Waals surface area (Å²) >= 11 is 6.60. The van der Waals surface area contributed by atoms with Crippen molar-refractivity contribution in [2.45, 2.75) is 56.7 Å². The monoisotopic (exact) mass is 979 g/mol. The van der Waals surface area contributed by atoms with Crippen molar-refractivity contribution in [2.75, 3.05) is 76.6 Å². The number of ether oxygens (including phenoxy) is 5. The van der Waals surface area contributed by atoms with Crippen molar-refractivity contribution < 1.29 is 52.5 Å². The molecular formula is C49H54ClN9O11. The van der Waals surface area contributed by atoms with Crippen molar-refractivity contribution in [3.05, 3.63) is 107 Å². The number of amides is 6. The fourth-order valence-electron chi connectivity index (χ4n) is 8.50. The van der Waals surface area contributed by atoms with Gasteiger partial charge in [0.1, 0.15) is 35.3 Å². The number of aromatic amines is 1. The van der Waals surface area contributed by atoms with Crippen LogP contribution in [-0.2, 0) is 28.5 Å². The van der Waals surface area contributed by atoms with Crippen LogP contribution in [0.3, 0.4) is 0 Å². The quantitative estimate of drug-likeness (QED) is 0.0263. The smallest absolute Gasteiger partial charge is 0.315 e. The molecule has 21 heteroatoms. The van der Waals surface area contributed by atoms with E-state index >= 15 is 0 Å². The summed E-state index contributed by atoms with van der Waals surface area (Å²) in [5.74, 6) is -0.774. The maximum atomic E-state index is 13.8. The van der Waals surface area contributed by atoms with Gasteiger partial charge in [-0.2, -0.15) is 0 Å². The van der Waals surface area contributed by atoms with Gasteiger partial charge in [-0.25, -0.2) is 14.8 Å². The number of nitrogens with zero attached hydrogens (tertiary/aromatic N) is 3. The molecule has 20 nitrogen and oxygen atoms in total. The standard InChI is InChI=1S/C49H54ClN9O11/c50-37-27-33(70-32-5-2-1-3-6-32)13-14-34(37)43(61)36-28-53-44-42(36)45(55-29-54-44)56-30-9-11-31(12-10-30)57-49(65)52-18-20-67-22-24-69-26-25-68-23-21-66-19-17-51-38-8-4-7-35-41(38)48(64)59(47(35)63)39-15-16-40(60)58-46(39)62/h1-8,13-14,27-31,39,51H,9-12,15-26H2,(H2,52,57,65)(H,58,60,62)(H2,53,54,55,56). The lowest BCUT2D eigenvalue weighted by Crippen LogP contribution is -2.54. The van der Waals surface area contributed by atoms with E-state index in [1.54, 1.807) is 42.6 Å². The first kappa shape index (κ1) is 49.5. The number of para-hydroxylation sites is 1. The van der Waals surface area contributed by atoms with Crippen LogP contribution in [0.2, 0.25) is 5.02 Å². The minimum atomic E-state index is -1.03. The summed E-state index contributed by atoms with van der Waals surface area (Å²) in [4.78, 5) is 89.5. The Morgan fingerprint density at radius 2 is 1.43 bits per heavy atom. The molecule has 2 fully saturated rings. The number of halogens is 1. The van der Waals surface area contributed by atoms with Crippen LogP contribution in [0, 0.1) is 0 Å². The van der Waals surface area contributed by atoms with E-state index in [9.17, 15) is 28.8 Å². The minimum Gasteiger partial charge on any atom is -0.457 e. The first-order valence-electron chi connectivity index (χ1n) is 23.2. The van der Waals surface area contributed by atoms with Gasteiger partial charge in [-0.3, -0.25) is 34.2 Å².